The molecule has 0 aromatic carbocycles. The number of hydroxylamine groups is 2. The first-order valence-electron chi connectivity index (χ1n) is 12.1. The van der Waals surface area contributed by atoms with Gasteiger partial charge in [0.2, 0.25) is 5.60 Å². The number of rotatable bonds is 2. The van der Waals surface area contributed by atoms with E-state index in [4.69, 9.17) is 9.25 Å². The Labute approximate surface area is 205 Å². The van der Waals surface area contributed by atoms with Crippen molar-refractivity contribution in [1.29, 1.82) is 0 Å². The van der Waals surface area contributed by atoms with E-state index < -0.39 is 63.7 Å². The lowest BCUT2D eigenvalue weighted by molar-refractivity contribution is -0.258. The van der Waals surface area contributed by atoms with E-state index in [1.807, 2.05) is 0 Å². The minimum Gasteiger partial charge on any atom is -0.479 e. The summed E-state index contributed by atoms with van der Waals surface area (Å²) in [5.74, 6) is -5.15. The fraction of sp³-hybridized carbons (Fsp3) is 0.577. The maximum absolute atomic E-state index is 17.3. The van der Waals surface area contributed by atoms with Crippen LogP contribution in [0.4, 0.5) is 8.78 Å². The number of carboxylic acid groups (broad SMARTS) is 1. The van der Waals surface area contributed by atoms with Gasteiger partial charge in [-0.1, -0.05) is 13.0 Å². The van der Waals surface area contributed by atoms with Crippen LogP contribution in [0.5, 0.6) is 0 Å². The third-order valence-electron chi connectivity index (χ3n) is 9.96. The number of hydrogen-bond donors (Lipinski definition) is 2. The first-order chi connectivity index (χ1) is 16.9. The van der Waals surface area contributed by atoms with Crippen LogP contribution >= 0.6 is 0 Å². The van der Waals surface area contributed by atoms with Gasteiger partial charge in [-0.15, -0.1) is 0 Å². The number of ketones is 1. The zero-order valence-corrected chi connectivity index (χ0v) is 19.9. The molecular formula is C26H27F2NO7. The Bertz CT molecular complexity index is 1240. The average Bonchev–Trinajstić information content (AvgIpc) is 3.53. The Morgan fingerprint density at radius 2 is 2.00 bits per heavy atom. The SMILES string of the molecule is C[C@]12C=CC(=O)CC1=C(F)C[C@H]1[C@@H]3C[C@H]4CN(C(=O)c5ccoc5)O[C@@]4(C(=O)O)[C@@]3(C)C[C@H](O)[C@@]12F. The van der Waals surface area contributed by atoms with Crippen LogP contribution in [0.1, 0.15) is 49.9 Å². The Morgan fingerprint density at radius 1 is 1.25 bits per heavy atom. The van der Waals surface area contributed by atoms with Crippen molar-refractivity contribution in [2.45, 2.75) is 56.9 Å². The summed E-state index contributed by atoms with van der Waals surface area (Å²) in [6, 6.07) is 1.44. The Kier molecular flexibility index (Phi) is 4.66. The number of fused-ring (bicyclic) bond motifs is 7. The summed E-state index contributed by atoms with van der Waals surface area (Å²) in [5, 5.41) is 22.9. The number of carbonyl (C=O) groups is 3. The highest BCUT2D eigenvalue weighted by molar-refractivity contribution is 5.94. The van der Waals surface area contributed by atoms with Crippen molar-refractivity contribution in [3.8, 4) is 0 Å². The summed E-state index contributed by atoms with van der Waals surface area (Å²) in [7, 11) is 0. The first-order valence-corrected chi connectivity index (χ1v) is 12.1. The van der Waals surface area contributed by atoms with Crippen molar-refractivity contribution in [2.75, 3.05) is 6.54 Å². The third kappa shape index (κ3) is 2.51. The highest BCUT2D eigenvalue weighted by atomic mass is 19.1. The molecule has 0 bridgehead atoms. The molecule has 0 spiro atoms. The fourth-order valence-electron chi connectivity index (χ4n) is 8.23. The van der Waals surface area contributed by atoms with Gasteiger partial charge in [0.1, 0.15) is 12.1 Å². The van der Waals surface area contributed by atoms with Gasteiger partial charge in [-0.25, -0.2) is 18.6 Å². The van der Waals surface area contributed by atoms with Crippen molar-refractivity contribution in [3.63, 3.8) is 0 Å². The van der Waals surface area contributed by atoms with E-state index in [2.05, 4.69) is 0 Å². The molecule has 0 radical (unpaired) electrons. The number of alkyl halides is 1. The smallest absolute Gasteiger partial charge is 0.339 e. The summed E-state index contributed by atoms with van der Waals surface area (Å²) < 4.78 is 37.7. The zero-order chi connectivity index (χ0) is 25.8. The van der Waals surface area contributed by atoms with Gasteiger partial charge >= 0.3 is 5.97 Å². The summed E-state index contributed by atoms with van der Waals surface area (Å²) in [6.07, 6.45) is 2.85. The number of carbonyl (C=O) groups excluding carboxylic acids is 2. The van der Waals surface area contributed by atoms with E-state index in [9.17, 15) is 24.6 Å². The summed E-state index contributed by atoms with van der Waals surface area (Å²) in [6.45, 7) is 3.10. The largest absolute Gasteiger partial charge is 0.479 e. The lowest BCUT2D eigenvalue weighted by atomic mass is 9.45. The molecule has 1 aromatic heterocycles. The molecule has 3 fully saturated rings. The molecule has 2 saturated carbocycles. The van der Waals surface area contributed by atoms with Crippen LogP contribution in [0.25, 0.3) is 0 Å². The number of nitrogens with zero attached hydrogens (tertiary/aromatic N) is 1. The molecule has 1 aromatic rings. The van der Waals surface area contributed by atoms with Gasteiger partial charge in [0.15, 0.2) is 11.5 Å². The summed E-state index contributed by atoms with van der Waals surface area (Å²) in [5.41, 5.74) is -6.79. The van der Waals surface area contributed by atoms with Crippen LogP contribution in [-0.2, 0) is 14.4 Å². The molecule has 1 saturated heterocycles. The number of hydrogen-bond acceptors (Lipinski definition) is 6. The van der Waals surface area contributed by atoms with E-state index in [-0.39, 0.29) is 49.1 Å². The maximum Gasteiger partial charge on any atom is 0.339 e. The summed E-state index contributed by atoms with van der Waals surface area (Å²) >= 11 is 0. The minimum absolute atomic E-state index is 0.0419. The Balaban J connectivity index is 1.43. The Morgan fingerprint density at radius 3 is 2.67 bits per heavy atom. The quantitative estimate of drug-likeness (QED) is 0.635. The van der Waals surface area contributed by atoms with Crippen LogP contribution in [0, 0.1) is 28.6 Å². The standard InChI is InChI=1S/C26H27F2NO7/c1-23-5-3-15(30)8-18(23)19(27)9-17-16-7-14-11-29(21(32)13-4-6-35-12-13)36-26(14,22(33)34)24(16,2)10-20(31)25(17,23)28/h3-6,12,14,16-17,20,31H,7-11H2,1-2H3,(H,33,34)/t14-,16-,17-,20-,23-,24-,25-,26-/m0/s1. The number of amides is 1. The van der Waals surface area contributed by atoms with E-state index in [1.54, 1.807) is 6.92 Å². The second-order valence-electron chi connectivity index (χ2n) is 11.3. The molecule has 2 N–H and O–H groups in total. The molecule has 192 valence electrons. The molecule has 2 heterocycles. The van der Waals surface area contributed by atoms with Crippen molar-refractivity contribution >= 4 is 17.7 Å². The van der Waals surface area contributed by atoms with E-state index in [0.717, 1.165) is 5.06 Å². The highest BCUT2D eigenvalue weighted by Crippen LogP contribution is 2.72. The van der Waals surface area contributed by atoms with Crippen LogP contribution in [0.2, 0.25) is 0 Å². The molecule has 5 aliphatic rings. The van der Waals surface area contributed by atoms with Crippen molar-refractivity contribution in [3.05, 3.63) is 47.7 Å². The molecule has 8 nitrogen and oxygen atoms in total. The second kappa shape index (κ2) is 7.13. The molecule has 36 heavy (non-hydrogen) atoms. The van der Waals surface area contributed by atoms with Gasteiger partial charge in [0, 0.05) is 35.5 Å². The lowest BCUT2D eigenvalue weighted by Crippen LogP contribution is -2.69. The van der Waals surface area contributed by atoms with Crippen molar-refractivity contribution in [2.24, 2.45) is 28.6 Å². The van der Waals surface area contributed by atoms with Crippen LogP contribution in [0.3, 0.4) is 0 Å². The van der Waals surface area contributed by atoms with Gasteiger partial charge in [-0.2, -0.15) is 0 Å². The van der Waals surface area contributed by atoms with Crippen LogP contribution < -0.4 is 0 Å². The van der Waals surface area contributed by atoms with Gasteiger partial charge < -0.3 is 14.6 Å². The number of allylic oxidation sites excluding steroid dienone is 4. The number of halogens is 2. The van der Waals surface area contributed by atoms with E-state index in [1.165, 1.54) is 37.7 Å². The molecule has 8 atom stereocenters. The molecule has 1 aliphatic heterocycles. The van der Waals surface area contributed by atoms with E-state index >= 15 is 8.78 Å². The monoisotopic (exact) mass is 503 g/mol. The van der Waals surface area contributed by atoms with Gasteiger partial charge in [-0.05, 0) is 43.4 Å². The molecule has 0 unspecified atom stereocenters. The van der Waals surface area contributed by atoms with Gasteiger partial charge in [0.05, 0.1) is 24.5 Å². The number of furan rings is 1. The van der Waals surface area contributed by atoms with Gasteiger partial charge in [0.25, 0.3) is 5.91 Å². The predicted octanol–water partition coefficient (Wildman–Crippen LogP) is 3.38. The Hall–Kier alpha value is -2.85. The lowest BCUT2D eigenvalue weighted by Gasteiger charge is -2.61. The average molecular weight is 503 g/mol. The number of aliphatic carboxylic acids is 1. The maximum atomic E-state index is 17.3. The molecule has 6 rings (SSSR count). The molecule has 1 amide bonds. The van der Waals surface area contributed by atoms with Gasteiger partial charge in [-0.3, -0.25) is 14.4 Å². The van der Waals surface area contributed by atoms with Crippen LogP contribution in [-0.4, -0.2) is 56.9 Å². The zero-order valence-electron chi connectivity index (χ0n) is 19.9. The number of aliphatic hydroxyl groups excluding tert-OH is 1. The normalized spacial score (nSPS) is 45.2. The summed E-state index contributed by atoms with van der Waals surface area (Å²) in [4.78, 5) is 43.8. The highest BCUT2D eigenvalue weighted by Gasteiger charge is 2.80. The molecule has 4 aliphatic carbocycles. The van der Waals surface area contributed by atoms with Crippen molar-refractivity contribution in [1.82, 2.24) is 5.06 Å². The number of carboxylic acids is 1. The fourth-order valence-corrected chi connectivity index (χ4v) is 8.23. The van der Waals surface area contributed by atoms with E-state index in [0.29, 0.717) is 0 Å². The van der Waals surface area contributed by atoms with Crippen LogP contribution in [0.15, 0.2) is 46.6 Å². The predicted molar refractivity (Wildman–Crippen MR) is 118 cm³/mol. The first kappa shape index (κ1) is 23.5. The third-order valence-corrected chi connectivity index (χ3v) is 9.96. The van der Waals surface area contributed by atoms with Crippen molar-refractivity contribution < 1.29 is 42.6 Å². The minimum atomic E-state index is -2.30. The number of aliphatic hydroxyl groups is 1. The molecule has 10 heteroatoms. The topological polar surface area (TPSA) is 117 Å². The second-order valence-corrected chi connectivity index (χ2v) is 11.3. The molecular weight excluding hydrogens is 476 g/mol.